The van der Waals surface area contributed by atoms with Crippen LogP contribution in [0.15, 0.2) is 24.3 Å². The van der Waals surface area contributed by atoms with Crippen LogP contribution in [0.5, 0.6) is 0 Å². The number of aryl methyl sites for hydroxylation is 1. The van der Waals surface area contributed by atoms with E-state index in [1.807, 2.05) is 31.2 Å². The molecule has 3 rings (SSSR count). The van der Waals surface area contributed by atoms with E-state index in [2.05, 4.69) is 5.32 Å². The standard InChI is InChI=1S/C16H18N2O4/c1-8-6-4-5-7-9(8)12-10-11(13(17-12)16(21)22-3)15(20)18(2)14(10)19/h4-7,10-13,17H,1-3H3/t10-,11+,12-,13+/m0/s1. The Morgan fingerprint density at radius 1 is 1.18 bits per heavy atom. The molecule has 0 bridgehead atoms. The Kier molecular flexibility index (Phi) is 3.48. The van der Waals surface area contributed by atoms with Gasteiger partial charge in [0.1, 0.15) is 6.04 Å². The van der Waals surface area contributed by atoms with Gasteiger partial charge in [-0.05, 0) is 18.1 Å². The van der Waals surface area contributed by atoms with E-state index in [0.29, 0.717) is 0 Å². The molecule has 6 heteroatoms. The summed E-state index contributed by atoms with van der Waals surface area (Å²) in [4.78, 5) is 37.9. The molecule has 0 unspecified atom stereocenters. The van der Waals surface area contributed by atoms with Crippen molar-refractivity contribution in [1.82, 2.24) is 10.2 Å². The number of esters is 1. The van der Waals surface area contributed by atoms with Gasteiger partial charge in [0.15, 0.2) is 0 Å². The van der Waals surface area contributed by atoms with Crippen molar-refractivity contribution in [3.63, 3.8) is 0 Å². The first-order chi connectivity index (χ1) is 10.5. The highest BCUT2D eigenvalue weighted by Crippen LogP contribution is 2.44. The van der Waals surface area contributed by atoms with Gasteiger partial charge in [-0.25, -0.2) is 0 Å². The quantitative estimate of drug-likeness (QED) is 0.633. The maximum Gasteiger partial charge on any atom is 0.323 e. The molecule has 2 aliphatic heterocycles. The predicted molar refractivity (Wildman–Crippen MR) is 77.6 cm³/mol. The van der Waals surface area contributed by atoms with Gasteiger partial charge >= 0.3 is 5.97 Å². The average Bonchev–Trinajstić information content (AvgIpc) is 3.01. The molecule has 0 saturated carbocycles. The summed E-state index contributed by atoms with van der Waals surface area (Å²) < 4.78 is 4.79. The lowest BCUT2D eigenvalue weighted by molar-refractivity contribution is -0.147. The molecule has 2 heterocycles. The molecule has 116 valence electrons. The molecule has 1 aromatic rings. The van der Waals surface area contributed by atoms with E-state index >= 15 is 0 Å². The van der Waals surface area contributed by atoms with Gasteiger partial charge in [-0.15, -0.1) is 0 Å². The van der Waals surface area contributed by atoms with E-state index in [1.54, 1.807) is 0 Å². The van der Waals surface area contributed by atoms with Gasteiger partial charge in [-0.2, -0.15) is 0 Å². The van der Waals surface area contributed by atoms with Gasteiger partial charge in [0.2, 0.25) is 11.8 Å². The third-order valence-electron chi connectivity index (χ3n) is 4.67. The Bertz CT molecular complexity index is 657. The van der Waals surface area contributed by atoms with Gasteiger partial charge in [-0.3, -0.25) is 24.6 Å². The first-order valence-electron chi connectivity index (χ1n) is 7.18. The van der Waals surface area contributed by atoms with Crippen molar-refractivity contribution in [3.05, 3.63) is 35.4 Å². The Labute approximate surface area is 128 Å². The summed E-state index contributed by atoms with van der Waals surface area (Å²) in [6.45, 7) is 1.95. The highest BCUT2D eigenvalue weighted by molar-refractivity contribution is 6.08. The second-order valence-electron chi connectivity index (χ2n) is 5.79. The van der Waals surface area contributed by atoms with E-state index in [-0.39, 0.29) is 17.9 Å². The molecule has 2 aliphatic rings. The molecule has 0 spiro atoms. The molecule has 2 amide bonds. The van der Waals surface area contributed by atoms with E-state index in [9.17, 15) is 14.4 Å². The average molecular weight is 302 g/mol. The number of nitrogens with one attached hydrogen (secondary N) is 1. The molecule has 0 aromatic heterocycles. The zero-order chi connectivity index (χ0) is 16.0. The summed E-state index contributed by atoms with van der Waals surface area (Å²) in [7, 11) is 2.75. The van der Waals surface area contributed by atoms with E-state index < -0.39 is 23.8 Å². The zero-order valence-corrected chi connectivity index (χ0v) is 12.7. The lowest BCUT2D eigenvalue weighted by atomic mass is 9.85. The fourth-order valence-corrected chi connectivity index (χ4v) is 3.52. The van der Waals surface area contributed by atoms with Crippen LogP contribution in [0.2, 0.25) is 0 Å². The molecule has 4 atom stereocenters. The van der Waals surface area contributed by atoms with Crippen molar-refractivity contribution in [2.24, 2.45) is 11.8 Å². The molecular formula is C16H18N2O4. The third-order valence-corrected chi connectivity index (χ3v) is 4.67. The number of hydrogen-bond donors (Lipinski definition) is 1. The van der Waals surface area contributed by atoms with Crippen molar-refractivity contribution < 1.29 is 19.1 Å². The highest BCUT2D eigenvalue weighted by atomic mass is 16.5. The molecule has 6 nitrogen and oxygen atoms in total. The minimum atomic E-state index is -0.791. The summed E-state index contributed by atoms with van der Waals surface area (Å²) >= 11 is 0. The molecule has 1 N–H and O–H groups in total. The Morgan fingerprint density at radius 2 is 1.82 bits per heavy atom. The number of nitrogens with zero attached hydrogens (tertiary/aromatic N) is 1. The number of ether oxygens (including phenoxy) is 1. The number of hydrogen-bond acceptors (Lipinski definition) is 5. The number of benzene rings is 1. The van der Waals surface area contributed by atoms with E-state index in [0.717, 1.165) is 16.0 Å². The second kappa shape index (κ2) is 5.21. The summed E-state index contributed by atoms with van der Waals surface area (Å²) in [6.07, 6.45) is 0. The highest BCUT2D eigenvalue weighted by Gasteiger charge is 2.60. The van der Waals surface area contributed by atoms with Crippen molar-refractivity contribution in [2.45, 2.75) is 19.0 Å². The van der Waals surface area contributed by atoms with Crippen molar-refractivity contribution >= 4 is 17.8 Å². The number of fused-ring (bicyclic) bond motifs is 1. The zero-order valence-electron chi connectivity index (χ0n) is 12.7. The summed E-state index contributed by atoms with van der Waals surface area (Å²) in [5.41, 5.74) is 1.94. The van der Waals surface area contributed by atoms with Crippen LogP contribution in [0.25, 0.3) is 0 Å². The number of carbonyl (C=O) groups excluding carboxylic acids is 3. The van der Waals surface area contributed by atoms with E-state index in [1.165, 1.54) is 14.2 Å². The van der Waals surface area contributed by atoms with Gasteiger partial charge in [0.25, 0.3) is 0 Å². The van der Waals surface area contributed by atoms with Crippen molar-refractivity contribution in [2.75, 3.05) is 14.2 Å². The minimum Gasteiger partial charge on any atom is -0.468 e. The topological polar surface area (TPSA) is 75.7 Å². The van der Waals surface area contributed by atoms with Crippen LogP contribution in [0.3, 0.4) is 0 Å². The second-order valence-corrected chi connectivity index (χ2v) is 5.79. The lowest BCUT2D eigenvalue weighted by Gasteiger charge is -2.21. The maximum absolute atomic E-state index is 12.5. The van der Waals surface area contributed by atoms with Gasteiger partial charge < -0.3 is 4.74 Å². The SMILES string of the molecule is COC(=O)[C@@H]1N[C@@H](c2ccccc2C)[C@H]2C(=O)N(C)C(=O)[C@H]21. The van der Waals surface area contributed by atoms with E-state index in [4.69, 9.17) is 4.74 Å². The largest absolute Gasteiger partial charge is 0.468 e. The number of imide groups is 1. The summed E-state index contributed by atoms with van der Waals surface area (Å²) in [6, 6.07) is 6.51. The van der Waals surface area contributed by atoms with Gasteiger partial charge in [0.05, 0.1) is 18.9 Å². The van der Waals surface area contributed by atoms with Crippen LogP contribution in [0.1, 0.15) is 17.2 Å². The molecule has 1 aromatic carbocycles. The number of rotatable bonds is 2. The van der Waals surface area contributed by atoms with Crippen molar-refractivity contribution in [3.8, 4) is 0 Å². The molecule has 0 aliphatic carbocycles. The smallest absolute Gasteiger partial charge is 0.323 e. The van der Waals surface area contributed by atoms with Crippen LogP contribution < -0.4 is 5.32 Å². The monoisotopic (exact) mass is 302 g/mol. The molecule has 0 radical (unpaired) electrons. The third kappa shape index (κ3) is 1.94. The van der Waals surface area contributed by atoms with Crippen LogP contribution in [0.4, 0.5) is 0 Å². The van der Waals surface area contributed by atoms with Crippen LogP contribution in [0, 0.1) is 18.8 Å². The summed E-state index contributed by atoms with van der Waals surface area (Å²) in [5.74, 6) is -2.35. The number of methoxy groups -OCH3 is 1. The van der Waals surface area contributed by atoms with Crippen molar-refractivity contribution in [1.29, 1.82) is 0 Å². The molecule has 22 heavy (non-hydrogen) atoms. The van der Waals surface area contributed by atoms with Crippen LogP contribution in [-0.2, 0) is 19.1 Å². The first kappa shape index (κ1) is 14.7. The lowest BCUT2D eigenvalue weighted by Crippen LogP contribution is -2.42. The van der Waals surface area contributed by atoms with Crippen LogP contribution >= 0.6 is 0 Å². The minimum absolute atomic E-state index is 0.248. The Hall–Kier alpha value is -2.21. The number of carbonyl (C=O) groups is 3. The Balaban J connectivity index is 2.06. The summed E-state index contributed by atoms with van der Waals surface area (Å²) in [5, 5.41) is 3.14. The number of likely N-dealkylation sites (tertiary alicyclic amines) is 1. The normalized spacial score (nSPS) is 30.6. The molecule has 2 fully saturated rings. The Morgan fingerprint density at radius 3 is 2.45 bits per heavy atom. The van der Waals surface area contributed by atoms with Gasteiger partial charge in [-0.1, -0.05) is 24.3 Å². The maximum atomic E-state index is 12.5. The fourth-order valence-electron chi connectivity index (χ4n) is 3.52. The molecule has 2 saturated heterocycles. The predicted octanol–water partition coefficient (Wildman–Crippen LogP) is 0.412. The first-order valence-corrected chi connectivity index (χ1v) is 7.18. The molecular weight excluding hydrogens is 284 g/mol. The van der Waals surface area contributed by atoms with Gasteiger partial charge in [0, 0.05) is 13.1 Å². The van der Waals surface area contributed by atoms with Crippen LogP contribution in [-0.4, -0.2) is 42.9 Å². The number of amides is 2. The fraction of sp³-hybridized carbons (Fsp3) is 0.438.